The van der Waals surface area contributed by atoms with Crippen molar-refractivity contribution in [3.05, 3.63) is 56.2 Å². The number of aromatic nitrogens is 2. The number of nitrogens with one attached hydrogen (secondary N) is 2. The van der Waals surface area contributed by atoms with Crippen LogP contribution in [0.4, 0.5) is 0 Å². The molecule has 1 unspecified atom stereocenters. The van der Waals surface area contributed by atoms with Crippen molar-refractivity contribution in [2.24, 2.45) is 12.1 Å². The quantitative estimate of drug-likeness (QED) is 0.761. The summed E-state index contributed by atoms with van der Waals surface area (Å²) < 4.78 is 6.59. The summed E-state index contributed by atoms with van der Waals surface area (Å²) in [4.78, 5) is 25.7. The lowest BCUT2D eigenvalue weighted by molar-refractivity contribution is 0.332. The van der Waals surface area contributed by atoms with Crippen LogP contribution in [-0.4, -0.2) is 27.0 Å². The van der Waals surface area contributed by atoms with Gasteiger partial charge in [0.25, 0.3) is 5.56 Å². The van der Waals surface area contributed by atoms with Gasteiger partial charge in [-0.15, -0.1) is 0 Å². The number of aromatic amines is 1. The highest BCUT2D eigenvalue weighted by Gasteiger charge is 2.28. The Morgan fingerprint density at radius 2 is 2.12 bits per heavy atom. The van der Waals surface area contributed by atoms with Gasteiger partial charge in [0.05, 0.1) is 18.4 Å². The van der Waals surface area contributed by atoms with Crippen molar-refractivity contribution in [1.82, 2.24) is 15.0 Å². The highest BCUT2D eigenvalue weighted by Crippen LogP contribution is 2.31. The number of nitrogens with zero attached hydrogens (tertiary/aromatic N) is 2. The van der Waals surface area contributed by atoms with E-state index in [9.17, 15) is 14.7 Å². The summed E-state index contributed by atoms with van der Waals surface area (Å²) in [6, 6.07) is 7.39. The predicted molar refractivity (Wildman–Crippen MR) is 88.6 cm³/mol. The number of hydrogen-bond acceptors (Lipinski definition) is 6. The van der Waals surface area contributed by atoms with E-state index in [4.69, 9.17) is 4.74 Å². The number of hydrazone groups is 1. The number of H-pyrrole nitrogens is 1. The maximum atomic E-state index is 12.1. The Hall–Kier alpha value is -3.03. The second-order valence-electron chi connectivity index (χ2n) is 5.43. The average molecular weight is 330 g/mol. The van der Waals surface area contributed by atoms with E-state index in [1.54, 1.807) is 0 Å². The smallest absolute Gasteiger partial charge is 0.330 e. The van der Waals surface area contributed by atoms with Gasteiger partial charge in [-0.3, -0.25) is 14.3 Å². The zero-order chi connectivity index (χ0) is 17.3. The van der Waals surface area contributed by atoms with Crippen LogP contribution in [0.3, 0.4) is 0 Å². The van der Waals surface area contributed by atoms with Gasteiger partial charge in [0, 0.05) is 19.0 Å². The highest BCUT2D eigenvalue weighted by molar-refractivity contribution is 6.03. The number of para-hydroxylation sites is 1. The number of aromatic hydroxyl groups is 1. The topological polar surface area (TPSA) is 109 Å². The fraction of sp³-hybridized carbons (Fsp3) is 0.312. The fourth-order valence-electron chi connectivity index (χ4n) is 2.70. The second-order valence-corrected chi connectivity index (χ2v) is 5.43. The van der Waals surface area contributed by atoms with Gasteiger partial charge < -0.3 is 15.3 Å². The second kappa shape index (κ2) is 6.23. The van der Waals surface area contributed by atoms with Gasteiger partial charge in [0.1, 0.15) is 11.3 Å². The van der Waals surface area contributed by atoms with Crippen LogP contribution in [0.5, 0.6) is 11.6 Å². The number of benzene rings is 1. The molecule has 1 aliphatic heterocycles. The lowest BCUT2D eigenvalue weighted by Crippen LogP contribution is -2.32. The molecule has 0 aliphatic carbocycles. The standard InChI is InChI=1S/C16H18N4O4/c1-3-24-12-7-5-4-6-9(12)10-8-11(19-18-10)13-14(21)17-16(23)20(2)15(13)22/h4-7,10,18,22H,3,8H2,1-2H3,(H,17,21,23). The molecule has 0 amide bonds. The van der Waals surface area contributed by atoms with Gasteiger partial charge in [0.15, 0.2) is 0 Å². The van der Waals surface area contributed by atoms with E-state index in [1.165, 1.54) is 7.05 Å². The molecule has 1 aromatic heterocycles. The molecule has 1 aliphatic rings. The Labute approximate surface area is 137 Å². The molecule has 0 saturated heterocycles. The highest BCUT2D eigenvalue weighted by atomic mass is 16.5. The lowest BCUT2D eigenvalue weighted by atomic mass is 9.99. The first-order valence-corrected chi connectivity index (χ1v) is 7.59. The van der Waals surface area contributed by atoms with Crippen molar-refractivity contribution in [2.75, 3.05) is 6.61 Å². The van der Waals surface area contributed by atoms with Gasteiger partial charge in [0.2, 0.25) is 5.88 Å². The molecule has 0 saturated carbocycles. The molecule has 0 radical (unpaired) electrons. The summed E-state index contributed by atoms with van der Waals surface area (Å²) in [5.41, 5.74) is 2.94. The first-order valence-electron chi connectivity index (χ1n) is 7.59. The third-order valence-electron chi connectivity index (χ3n) is 3.93. The van der Waals surface area contributed by atoms with Crippen LogP contribution in [-0.2, 0) is 7.05 Å². The molecule has 0 fully saturated rings. The predicted octanol–water partition coefficient (Wildman–Crippen LogP) is 0.617. The van der Waals surface area contributed by atoms with Gasteiger partial charge in [-0.1, -0.05) is 18.2 Å². The lowest BCUT2D eigenvalue weighted by Gasteiger charge is -2.15. The minimum Gasteiger partial charge on any atom is -0.494 e. The van der Waals surface area contributed by atoms with Gasteiger partial charge >= 0.3 is 5.69 Å². The molecule has 3 N–H and O–H groups in total. The van der Waals surface area contributed by atoms with Crippen LogP contribution in [0.25, 0.3) is 0 Å². The van der Waals surface area contributed by atoms with Crippen LogP contribution in [0.1, 0.15) is 30.5 Å². The summed E-state index contributed by atoms with van der Waals surface area (Å²) in [5.74, 6) is 0.343. The molecule has 8 nitrogen and oxygen atoms in total. The Balaban J connectivity index is 1.93. The monoisotopic (exact) mass is 330 g/mol. The molecule has 1 aromatic carbocycles. The number of ether oxygens (including phenoxy) is 1. The molecule has 3 rings (SSSR count). The maximum Gasteiger partial charge on any atom is 0.330 e. The van der Waals surface area contributed by atoms with E-state index < -0.39 is 17.1 Å². The minimum atomic E-state index is -0.675. The third-order valence-corrected chi connectivity index (χ3v) is 3.93. The van der Waals surface area contributed by atoms with Crippen molar-refractivity contribution in [3.63, 3.8) is 0 Å². The molecule has 24 heavy (non-hydrogen) atoms. The summed E-state index contributed by atoms with van der Waals surface area (Å²) in [6.07, 6.45) is 0.388. The number of hydrogen-bond donors (Lipinski definition) is 3. The van der Waals surface area contributed by atoms with E-state index in [2.05, 4.69) is 15.5 Å². The first kappa shape index (κ1) is 15.9. The summed E-state index contributed by atoms with van der Waals surface area (Å²) in [6.45, 7) is 2.45. The van der Waals surface area contributed by atoms with E-state index >= 15 is 0 Å². The fourth-order valence-corrected chi connectivity index (χ4v) is 2.70. The molecule has 2 heterocycles. The van der Waals surface area contributed by atoms with Crippen molar-refractivity contribution in [2.45, 2.75) is 19.4 Å². The number of rotatable bonds is 4. The van der Waals surface area contributed by atoms with Crippen molar-refractivity contribution < 1.29 is 9.84 Å². The SMILES string of the molecule is CCOc1ccccc1C1CC(c2c(O)n(C)c(=O)[nH]c2=O)=NN1. The maximum absolute atomic E-state index is 12.1. The summed E-state index contributed by atoms with van der Waals surface area (Å²) in [5, 5.41) is 14.3. The van der Waals surface area contributed by atoms with Crippen molar-refractivity contribution in [3.8, 4) is 11.6 Å². The Kier molecular flexibility index (Phi) is 4.11. The minimum absolute atomic E-state index is 0.000918. The average Bonchev–Trinajstić information content (AvgIpc) is 3.03. The molecule has 126 valence electrons. The van der Waals surface area contributed by atoms with Gasteiger partial charge in [-0.05, 0) is 13.0 Å². The molecule has 0 bridgehead atoms. The Morgan fingerprint density at radius 3 is 2.88 bits per heavy atom. The normalized spacial score (nSPS) is 16.6. The van der Waals surface area contributed by atoms with E-state index in [0.29, 0.717) is 18.7 Å². The third kappa shape index (κ3) is 2.66. The molecule has 8 heteroatoms. The Morgan fingerprint density at radius 1 is 1.38 bits per heavy atom. The van der Waals surface area contributed by atoms with E-state index in [0.717, 1.165) is 15.9 Å². The van der Waals surface area contributed by atoms with E-state index in [1.807, 2.05) is 31.2 Å². The van der Waals surface area contributed by atoms with E-state index in [-0.39, 0.29) is 11.6 Å². The molecule has 2 aromatic rings. The molecular formula is C16H18N4O4. The van der Waals surface area contributed by atoms with Gasteiger partial charge in [-0.25, -0.2) is 4.79 Å². The summed E-state index contributed by atoms with van der Waals surface area (Å²) >= 11 is 0. The van der Waals surface area contributed by atoms with Crippen LogP contribution < -0.4 is 21.4 Å². The zero-order valence-corrected chi connectivity index (χ0v) is 13.4. The molecule has 1 atom stereocenters. The zero-order valence-electron chi connectivity index (χ0n) is 13.4. The first-order chi connectivity index (χ1) is 11.5. The van der Waals surface area contributed by atoms with Crippen molar-refractivity contribution in [1.29, 1.82) is 0 Å². The van der Waals surface area contributed by atoms with Crippen LogP contribution >= 0.6 is 0 Å². The Bertz CT molecular complexity index is 913. The largest absolute Gasteiger partial charge is 0.494 e. The molecule has 0 spiro atoms. The van der Waals surface area contributed by atoms with Crippen LogP contribution in [0.15, 0.2) is 39.0 Å². The van der Waals surface area contributed by atoms with Crippen LogP contribution in [0, 0.1) is 0 Å². The van der Waals surface area contributed by atoms with Gasteiger partial charge in [-0.2, -0.15) is 5.10 Å². The molecular weight excluding hydrogens is 312 g/mol. The van der Waals surface area contributed by atoms with Crippen molar-refractivity contribution >= 4 is 5.71 Å². The summed E-state index contributed by atoms with van der Waals surface area (Å²) in [7, 11) is 1.38. The van der Waals surface area contributed by atoms with Crippen LogP contribution in [0.2, 0.25) is 0 Å².